The van der Waals surface area contributed by atoms with Gasteiger partial charge in [0.1, 0.15) is 17.5 Å². The summed E-state index contributed by atoms with van der Waals surface area (Å²) in [7, 11) is 1.97. The van der Waals surface area contributed by atoms with Crippen LogP contribution in [0.4, 0.5) is 15.8 Å². The van der Waals surface area contributed by atoms with E-state index in [2.05, 4.69) is 31.0 Å². The summed E-state index contributed by atoms with van der Waals surface area (Å²) in [6, 6.07) is 10.8. The molecule has 4 nitrogen and oxygen atoms in total. The fourth-order valence-electron chi connectivity index (χ4n) is 4.10. The minimum absolute atomic E-state index is 0.0699. The Kier molecular flexibility index (Phi) is 5.72. The van der Waals surface area contributed by atoms with Crippen LogP contribution in [0, 0.1) is 31.0 Å². The van der Waals surface area contributed by atoms with Crippen LogP contribution in [0.2, 0.25) is 0 Å². The third kappa shape index (κ3) is 3.95. The number of carbonyl (C=O) groups is 1. The summed E-state index contributed by atoms with van der Waals surface area (Å²) < 4.78 is 14.9. The molecule has 0 aliphatic carbocycles. The van der Waals surface area contributed by atoms with Crippen molar-refractivity contribution in [2.24, 2.45) is 0 Å². The Labute approximate surface area is 178 Å². The second-order valence-electron chi connectivity index (χ2n) is 8.78. The predicted octanol–water partition coefficient (Wildman–Crippen LogP) is 5.71. The van der Waals surface area contributed by atoms with Crippen LogP contribution < -0.4 is 10.2 Å². The standard InChI is InChI=1S/C25H28FN3O/c1-15-8-7-9-22(17(15)3)28-24(30)19(14-27)10-18-11-20-16(2)13-25(4,5)29(6)23(20)12-21(18)26/h7-12,16H,13H2,1-6H3,(H,28,30)/b19-10+. The van der Waals surface area contributed by atoms with E-state index < -0.39 is 11.7 Å². The molecule has 0 bridgehead atoms. The van der Waals surface area contributed by atoms with E-state index in [9.17, 15) is 14.4 Å². The van der Waals surface area contributed by atoms with Gasteiger partial charge in [-0.3, -0.25) is 4.79 Å². The molecule has 1 atom stereocenters. The lowest BCUT2D eigenvalue weighted by Crippen LogP contribution is -2.45. The molecule has 1 unspecified atom stereocenters. The lowest BCUT2D eigenvalue weighted by molar-refractivity contribution is -0.112. The highest BCUT2D eigenvalue weighted by Gasteiger charge is 2.34. The molecule has 0 fully saturated rings. The molecule has 30 heavy (non-hydrogen) atoms. The van der Waals surface area contributed by atoms with Crippen molar-refractivity contribution in [3.05, 3.63) is 64.0 Å². The number of rotatable bonds is 3. The first-order valence-corrected chi connectivity index (χ1v) is 10.1. The van der Waals surface area contributed by atoms with E-state index in [0.717, 1.165) is 28.8 Å². The van der Waals surface area contributed by atoms with Crippen LogP contribution in [-0.2, 0) is 4.79 Å². The molecule has 2 aromatic rings. The lowest BCUT2D eigenvalue weighted by atomic mass is 9.80. The number of nitrogens with one attached hydrogen (secondary N) is 1. The summed E-state index contributed by atoms with van der Waals surface area (Å²) in [5.41, 5.74) is 4.54. The number of fused-ring (bicyclic) bond motifs is 1. The zero-order valence-corrected chi connectivity index (χ0v) is 18.4. The van der Waals surface area contributed by atoms with Crippen LogP contribution in [-0.4, -0.2) is 18.5 Å². The van der Waals surface area contributed by atoms with Gasteiger partial charge in [0.2, 0.25) is 0 Å². The Bertz CT molecular complexity index is 1080. The third-order valence-corrected chi connectivity index (χ3v) is 6.27. The summed E-state index contributed by atoms with van der Waals surface area (Å²) in [5, 5.41) is 12.3. The minimum Gasteiger partial charge on any atom is -0.369 e. The number of hydrogen-bond donors (Lipinski definition) is 1. The van der Waals surface area contributed by atoms with E-state index in [-0.39, 0.29) is 22.6 Å². The van der Waals surface area contributed by atoms with Gasteiger partial charge in [-0.1, -0.05) is 19.1 Å². The fraction of sp³-hybridized carbons (Fsp3) is 0.360. The fourth-order valence-corrected chi connectivity index (χ4v) is 4.10. The van der Waals surface area contributed by atoms with Gasteiger partial charge in [-0.05, 0) is 81.0 Å². The molecule has 0 saturated heterocycles. The molecule has 0 aromatic heterocycles. The summed E-state index contributed by atoms with van der Waals surface area (Å²) in [5.74, 6) is -0.749. The number of amides is 1. The van der Waals surface area contributed by atoms with E-state index in [0.29, 0.717) is 5.69 Å². The Balaban J connectivity index is 1.97. The average Bonchev–Trinajstić information content (AvgIpc) is 2.68. The van der Waals surface area contributed by atoms with E-state index in [4.69, 9.17) is 0 Å². The van der Waals surface area contributed by atoms with Crippen LogP contribution in [0.5, 0.6) is 0 Å². The molecule has 0 radical (unpaired) electrons. The van der Waals surface area contributed by atoms with Crippen LogP contribution in [0.3, 0.4) is 0 Å². The molecule has 1 aliphatic rings. The molecular formula is C25H28FN3O. The van der Waals surface area contributed by atoms with Gasteiger partial charge in [-0.2, -0.15) is 5.26 Å². The number of aryl methyl sites for hydroxylation is 1. The van der Waals surface area contributed by atoms with Gasteiger partial charge < -0.3 is 10.2 Å². The first-order valence-electron chi connectivity index (χ1n) is 10.1. The quantitative estimate of drug-likeness (QED) is 0.526. The van der Waals surface area contributed by atoms with Gasteiger partial charge in [0.05, 0.1) is 0 Å². The Morgan fingerprint density at radius 2 is 2.03 bits per heavy atom. The van der Waals surface area contributed by atoms with E-state index in [1.165, 1.54) is 12.1 Å². The highest BCUT2D eigenvalue weighted by molar-refractivity contribution is 6.10. The molecule has 0 saturated carbocycles. The van der Waals surface area contributed by atoms with Gasteiger partial charge in [-0.15, -0.1) is 0 Å². The van der Waals surface area contributed by atoms with Crippen molar-refractivity contribution in [1.29, 1.82) is 5.26 Å². The number of anilines is 2. The lowest BCUT2D eigenvalue weighted by Gasteiger charge is -2.45. The monoisotopic (exact) mass is 405 g/mol. The number of nitrogens with zero attached hydrogens (tertiary/aromatic N) is 2. The SMILES string of the molecule is Cc1cccc(NC(=O)/C(C#N)=C/c2cc3c(cc2F)N(C)C(C)(C)CC3C)c1C. The highest BCUT2D eigenvalue weighted by Crippen LogP contribution is 2.43. The molecule has 1 amide bonds. The zero-order valence-electron chi connectivity index (χ0n) is 18.4. The number of halogens is 1. The van der Waals surface area contributed by atoms with Crippen molar-refractivity contribution in [1.82, 2.24) is 0 Å². The number of hydrogen-bond acceptors (Lipinski definition) is 3. The Hall–Kier alpha value is -3.13. The van der Waals surface area contributed by atoms with Crippen molar-refractivity contribution in [2.45, 2.75) is 52.5 Å². The van der Waals surface area contributed by atoms with Crippen LogP contribution in [0.15, 0.2) is 35.9 Å². The number of carbonyl (C=O) groups excluding carboxylic acids is 1. The Morgan fingerprint density at radius 1 is 1.33 bits per heavy atom. The molecule has 3 rings (SSSR count). The maximum absolute atomic E-state index is 14.9. The second kappa shape index (κ2) is 7.95. The van der Waals surface area contributed by atoms with Crippen LogP contribution in [0.1, 0.15) is 55.4 Å². The Morgan fingerprint density at radius 3 is 2.70 bits per heavy atom. The van der Waals surface area contributed by atoms with Gasteiger partial charge in [0, 0.05) is 29.5 Å². The summed E-state index contributed by atoms with van der Waals surface area (Å²) in [4.78, 5) is 14.8. The molecule has 1 heterocycles. The number of nitriles is 1. The van der Waals surface area contributed by atoms with Crippen molar-refractivity contribution >= 4 is 23.4 Å². The zero-order chi connectivity index (χ0) is 22.2. The topological polar surface area (TPSA) is 56.1 Å². The first kappa shape index (κ1) is 21.6. The molecule has 1 aliphatic heterocycles. The van der Waals surface area contributed by atoms with Gasteiger partial charge in [0.25, 0.3) is 5.91 Å². The highest BCUT2D eigenvalue weighted by atomic mass is 19.1. The van der Waals surface area contributed by atoms with Crippen LogP contribution in [0.25, 0.3) is 6.08 Å². The van der Waals surface area contributed by atoms with Gasteiger partial charge in [0.15, 0.2) is 0 Å². The summed E-state index contributed by atoms with van der Waals surface area (Å²) in [6.45, 7) is 10.3. The van der Waals surface area contributed by atoms with E-state index in [1.54, 1.807) is 12.1 Å². The summed E-state index contributed by atoms with van der Waals surface area (Å²) >= 11 is 0. The maximum Gasteiger partial charge on any atom is 0.266 e. The minimum atomic E-state index is -0.547. The molecule has 0 spiro atoms. The largest absolute Gasteiger partial charge is 0.369 e. The summed E-state index contributed by atoms with van der Waals surface area (Å²) in [6.07, 6.45) is 2.27. The first-order chi connectivity index (χ1) is 14.0. The predicted molar refractivity (Wildman–Crippen MR) is 120 cm³/mol. The molecule has 156 valence electrons. The normalized spacial score (nSPS) is 17.9. The number of benzene rings is 2. The van der Waals surface area contributed by atoms with Gasteiger partial charge in [-0.25, -0.2) is 4.39 Å². The smallest absolute Gasteiger partial charge is 0.266 e. The van der Waals surface area contributed by atoms with Crippen LogP contribution >= 0.6 is 0 Å². The van der Waals surface area contributed by atoms with E-state index in [1.807, 2.05) is 39.1 Å². The third-order valence-electron chi connectivity index (χ3n) is 6.27. The second-order valence-corrected chi connectivity index (χ2v) is 8.78. The van der Waals surface area contributed by atoms with Gasteiger partial charge >= 0.3 is 0 Å². The van der Waals surface area contributed by atoms with Crippen molar-refractivity contribution in [2.75, 3.05) is 17.3 Å². The molecular weight excluding hydrogens is 377 g/mol. The maximum atomic E-state index is 14.9. The average molecular weight is 406 g/mol. The van der Waals surface area contributed by atoms with Crippen molar-refractivity contribution in [3.63, 3.8) is 0 Å². The molecule has 2 aromatic carbocycles. The van der Waals surface area contributed by atoms with Crippen molar-refractivity contribution in [3.8, 4) is 6.07 Å². The molecule has 5 heteroatoms. The van der Waals surface area contributed by atoms with E-state index >= 15 is 0 Å². The van der Waals surface area contributed by atoms with Crippen molar-refractivity contribution < 1.29 is 9.18 Å². The molecule has 1 N–H and O–H groups in total.